The minimum Gasteiger partial charge on any atom is -0.458 e. The molecule has 466 valence electrons. The first-order valence-corrected chi connectivity index (χ1v) is 34.6. The molecule has 0 saturated heterocycles. The molecule has 6 nitrogen and oxygen atoms in total. The van der Waals surface area contributed by atoms with Crippen molar-refractivity contribution in [2.24, 2.45) is 0 Å². The SMILES string of the molecule is CC1(C)CCC(C)(C)c2cc(N(c3ccccc3)c3cc4c5c(c3)N(c3ccccc3)c3ccccc3B5c3cc5c(cc3O4)N(c3ccccc3)c3cc(N(c4ccccc4)c4ccc6c(c4)C(C)(C)CCC6(C)C)cc4c3B5c3ccccc3N4c3ccccc3)ccc21. The predicted octanol–water partition coefficient (Wildman–Crippen LogP) is 19.8. The number of fused-ring (bicyclic) bond motifs is 10. The molecular weight excluding hydrogens is 1160 g/mol. The zero-order valence-corrected chi connectivity index (χ0v) is 56.1. The van der Waals surface area contributed by atoms with Crippen LogP contribution in [0.4, 0.5) is 85.3 Å². The van der Waals surface area contributed by atoms with Gasteiger partial charge in [0.2, 0.25) is 0 Å². The first-order chi connectivity index (χ1) is 46.6. The van der Waals surface area contributed by atoms with Gasteiger partial charge in [-0.1, -0.05) is 201 Å². The summed E-state index contributed by atoms with van der Waals surface area (Å²) in [7, 11) is 0. The van der Waals surface area contributed by atoms with Crippen molar-refractivity contribution in [2.45, 2.75) is 103 Å². The number of rotatable bonds is 9. The highest BCUT2D eigenvalue weighted by Gasteiger charge is 2.49. The Morgan fingerprint density at radius 1 is 0.271 bits per heavy atom. The van der Waals surface area contributed by atoms with Crippen LogP contribution in [0.3, 0.4) is 0 Å². The van der Waals surface area contributed by atoms with E-state index < -0.39 is 0 Å². The molecule has 12 aromatic carbocycles. The van der Waals surface area contributed by atoms with Crippen LogP contribution >= 0.6 is 0 Å². The minimum absolute atomic E-state index is 0.00353. The number of para-hydroxylation sites is 7. The molecule has 96 heavy (non-hydrogen) atoms. The summed E-state index contributed by atoms with van der Waals surface area (Å²) >= 11 is 0. The van der Waals surface area contributed by atoms with Gasteiger partial charge < -0.3 is 29.2 Å². The molecule has 0 radical (unpaired) electrons. The van der Waals surface area contributed by atoms with Crippen LogP contribution in [0.2, 0.25) is 0 Å². The lowest BCUT2D eigenvalue weighted by Gasteiger charge is -2.46. The molecule has 6 aliphatic rings. The fourth-order valence-corrected chi connectivity index (χ4v) is 17.4. The standard InChI is InChI=1S/C88H77B2N5O/c1-85(2)46-48-87(5,6)69-50-63(42-44-67(69)85)91(58-28-14-9-15-29-58)65-52-78-83-79(53-65)95(62-36-22-13-23-37-62)77-57-81-74(56-73(77)89(83)71-38-24-26-40-75(71)93(78)60-32-18-11-19-33-60)90-72-39-25-27-41-76(72)94(61-34-20-12-21-35-61)80-54-66(55-82(96-81)84(80)90)92(59-30-16-10-17-31-59)64-43-45-68-70(51-64)88(7,8)49-47-86(68,3)4/h9-45,50-57H,46-49H2,1-8H3. The van der Waals surface area contributed by atoms with Crippen LogP contribution in [0, 0.1) is 0 Å². The monoisotopic (exact) mass is 1240 g/mol. The van der Waals surface area contributed by atoms with E-state index in [4.69, 9.17) is 4.74 Å². The molecular formula is C88H77B2N5O. The maximum Gasteiger partial charge on any atom is 0.256 e. The normalized spacial score (nSPS) is 16.5. The highest BCUT2D eigenvalue weighted by atomic mass is 16.5. The van der Waals surface area contributed by atoms with Crippen LogP contribution in [0.25, 0.3) is 0 Å². The van der Waals surface area contributed by atoms with E-state index in [2.05, 4.69) is 353 Å². The topological polar surface area (TPSA) is 25.4 Å². The second kappa shape index (κ2) is 21.5. The van der Waals surface area contributed by atoms with Crippen LogP contribution in [0.5, 0.6) is 11.5 Å². The summed E-state index contributed by atoms with van der Waals surface area (Å²) in [6.45, 7) is 19.1. The quantitative estimate of drug-likeness (QED) is 0.134. The van der Waals surface area contributed by atoms with Crippen molar-refractivity contribution in [3.05, 3.63) is 295 Å². The Kier molecular flexibility index (Phi) is 13.1. The summed E-state index contributed by atoms with van der Waals surface area (Å²) < 4.78 is 7.88. The van der Waals surface area contributed by atoms with Crippen LogP contribution < -0.4 is 62.0 Å². The van der Waals surface area contributed by atoms with E-state index in [1.165, 1.54) is 44.1 Å². The van der Waals surface area contributed by atoms with Crippen molar-refractivity contribution < 1.29 is 4.74 Å². The molecule has 4 aliphatic heterocycles. The number of benzene rings is 12. The van der Waals surface area contributed by atoms with E-state index in [1.54, 1.807) is 0 Å². The molecule has 0 N–H and O–H groups in total. The Morgan fingerprint density at radius 3 is 1.08 bits per heavy atom. The Balaban J connectivity index is 0.898. The fourth-order valence-electron chi connectivity index (χ4n) is 17.4. The van der Waals surface area contributed by atoms with Gasteiger partial charge in [0.15, 0.2) is 0 Å². The lowest BCUT2D eigenvalue weighted by molar-refractivity contribution is 0.332. The van der Waals surface area contributed by atoms with E-state index in [0.717, 1.165) is 133 Å². The Hall–Kier alpha value is -10.4. The minimum atomic E-state index is -0.175. The van der Waals surface area contributed by atoms with Crippen LogP contribution in [0.15, 0.2) is 273 Å². The van der Waals surface area contributed by atoms with Gasteiger partial charge in [-0.2, -0.15) is 0 Å². The lowest BCUT2D eigenvalue weighted by atomic mass is 9.30. The van der Waals surface area contributed by atoms with Crippen molar-refractivity contribution >= 4 is 132 Å². The van der Waals surface area contributed by atoms with Crippen molar-refractivity contribution in [1.29, 1.82) is 0 Å². The van der Waals surface area contributed by atoms with Gasteiger partial charge in [0, 0.05) is 86.1 Å². The van der Waals surface area contributed by atoms with Crippen molar-refractivity contribution in [2.75, 3.05) is 24.5 Å². The summed E-state index contributed by atoms with van der Waals surface area (Å²) in [5.41, 5.74) is 29.8. The third-order valence-electron chi connectivity index (χ3n) is 22.5. The van der Waals surface area contributed by atoms with Crippen LogP contribution in [-0.4, -0.2) is 13.4 Å². The van der Waals surface area contributed by atoms with Crippen molar-refractivity contribution in [3.63, 3.8) is 0 Å². The van der Waals surface area contributed by atoms with E-state index in [9.17, 15) is 0 Å². The van der Waals surface area contributed by atoms with Crippen molar-refractivity contribution in [1.82, 2.24) is 0 Å². The van der Waals surface area contributed by atoms with Gasteiger partial charge >= 0.3 is 0 Å². The van der Waals surface area contributed by atoms with Gasteiger partial charge in [-0.25, -0.2) is 0 Å². The van der Waals surface area contributed by atoms with Gasteiger partial charge in [-0.15, -0.1) is 0 Å². The molecule has 0 bridgehead atoms. The summed E-state index contributed by atoms with van der Waals surface area (Å²) in [5.74, 6) is 1.70. The molecule has 12 aromatic rings. The first-order valence-electron chi connectivity index (χ1n) is 34.6. The summed E-state index contributed by atoms with van der Waals surface area (Å²) in [5, 5.41) is 0. The molecule has 8 heteroatoms. The smallest absolute Gasteiger partial charge is 0.256 e. The van der Waals surface area contributed by atoms with Gasteiger partial charge in [0.1, 0.15) is 11.5 Å². The molecule has 0 saturated carbocycles. The summed E-state index contributed by atoms with van der Waals surface area (Å²) in [4.78, 5) is 12.5. The van der Waals surface area contributed by atoms with Gasteiger partial charge in [-0.3, -0.25) is 0 Å². The second-order valence-electron chi connectivity index (χ2n) is 30.2. The molecule has 0 fully saturated rings. The maximum absolute atomic E-state index is 7.88. The molecule has 4 heterocycles. The van der Waals surface area contributed by atoms with Crippen molar-refractivity contribution in [3.8, 4) is 11.5 Å². The molecule has 0 spiro atoms. The van der Waals surface area contributed by atoms with Crippen LogP contribution in [0.1, 0.15) is 103 Å². The molecule has 0 atom stereocenters. The largest absolute Gasteiger partial charge is 0.458 e. The molecule has 2 aliphatic carbocycles. The van der Waals surface area contributed by atoms with E-state index in [-0.39, 0.29) is 35.1 Å². The highest BCUT2D eigenvalue weighted by Crippen LogP contribution is 2.54. The lowest BCUT2D eigenvalue weighted by Crippen LogP contribution is -2.64. The van der Waals surface area contributed by atoms with Gasteiger partial charge in [0.05, 0.1) is 11.4 Å². The Bertz CT molecular complexity index is 5090. The fraction of sp³-hybridized carbons (Fsp3) is 0.182. The third-order valence-corrected chi connectivity index (χ3v) is 22.5. The van der Waals surface area contributed by atoms with Crippen LogP contribution in [-0.2, 0) is 21.7 Å². The molecule has 0 amide bonds. The molecule has 18 rings (SSSR count). The number of nitrogens with zero attached hydrogens (tertiary/aromatic N) is 5. The number of hydrogen-bond donors (Lipinski definition) is 0. The second-order valence-corrected chi connectivity index (χ2v) is 30.2. The number of ether oxygens (including phenoxy) is 1. The summed E-state index contributed by atoms with van der Waals surface area (Å²) in [6, 6.07) is 103. The zero-order chi connectivity index (χ0) is 65.0. The summed E-state index contributed by atoms with van der Waals surface area (Å²) in [6.07, 6.45) is 4.56. The van der Waals surface area contributed by atoms with E-state index in [0.29, 0.717) is 0 Å². The zero-order valence-electron chi connectivity index (χ0n) is 56.1. The predicted molar refractivity (Wildman–Crippen MR) is 406 cm³/mol. The average Bonchev–Trinajstić information content (AvgIpc) is 0.684. The van der Waals surface area contributed by atoms with Gasteiger partial charge in [0.25, 0.3) is 13.4 Å². The number of anilines is 15. The highest BCUT2D eigenvalue weighted by molar-refractivity contribution is 7.02. The molecule has 0 aromatic heterocycles. The maximum atomic E-state index is 7.88. The van der Waals surface area contributed by atoms with E-state index >= 15 is 0 Å². The van der Waals surface area contributed by atoms with E-state index in [1.807, 2.05) is 0 Å². The van der Waals surface area contributed by atoms with Gasteiger partial charge in [-0.05, 0) is 218 Å². The number of hydrogen-bond acceptors (Lipinski definition) is 6. The third kappa shape index (κ3) is 9.00. The Morgan fingerprint density at radius 2 is 0.635 bits per heavy atom. The first kappa shape index (κ1) is 58.2. The molecule has 0 unspecified atom stereocenters. The Labute approximate surface area is 566 Å². The average molecular weight is 1240 g/mol.